The zero-order chi connectivity index (χ0) is 11.0. The zero-order valence-electron chi connectivity index (χ0n) is 8.52. The van der Waals surface area contributed by atoms with Crippen LogP contribution >= 0.6 is 0 Å². The first-order valence-corrected chi connectivity index (χ1v) is 4.53. The highest BCUT2D eigenvalue weighted by Crippen LogP contribution is 2.28. The smallest absolute Gasteiger partial charge is 0.371 e. The van der Waals surface area contributed by atoms with E-state index in [1.54, 1.807) is 12.1 Å². The minimum Gasteiger partial charge on any atom is -0.475 e. The number of furan rings is 1. The number of fused-ring (bicyclic) bond motifs is 1. The number of hydrogen-bond acceptors (Lipinski definition) is 3. The Morgan fingerprint density at radius 3 is 2.73 bits per heavy atom. The normalized spacial score (nSPS) is 10.5. The van der Waals surface area contributed by atoms with Crippen LogP contribution in [0.1, 0.15) is 10.6 Å². The predicted octanol–water partition coefficient (Wildman–Crippen LogP) is 2.20. The summed E-state index contributed by atoms with van der Waals surface area (Å²) < 4.78 is 5.19. The molecule has 15 heavy (non-hydrogen) atoms. The van der Waals surface area contributed by atoms with E-state index in [0.29, 0.717) is 5.58 Å². The van der Waals surface area contributed by atoms with E-state index < -0.39 is 5.97 Å². The van der Waals surface area contributed by atoms with E-state index in [4.69, 9.17) is 9.52 Å². The van der Waals surface area contributed by atoms with Gasteiger partial charge >= 0.3 is 5.97 Å². The third-order valence-corrected chi connectivity index (χ3v) is 2.23. The van der Waals surface area contributed by atoms with Gasteiger partial charge in [-0.25, -0.2) is 4.79 Å². The van der Waals surface area contributed by atoms with E-state index in [9.17, 15) is 4.79 Å². The van der Waals surface area contributed by atoms with Gasteiger partial charge in [0, 0.05) is 31.2 Å². The Labute approximate surface area is 86.7 Å². The molecule has 1 aromatic heterocycles. The molecular weight excluding hydrogens is 194 g/mol. The largest absolute Gasteiger partial charge is 0.475 e. The molecule has 2 aromatic rings. The molecular formula is C11H11NO3. The molecule has 0 radical (unpaired) electrons. The molecule has 0 bridgehead atoms. The van der Waals surface area contributed by atoms with E-state index in [1.807, 2.05) is 31.1 Å². The molecule has 0 amide bonds. The van der Waals surface area contributed by atoms with Crippen LogP contribution in [0.4, 0.5) is 5.69 Å². The Balaban J connectivity index is 2.69. The van der Waals surface area contributed by atoms with Crippen molar-refractivity contribution in [3.05, 3.63) is 30.0 Å². The summed E-state index contributed by atoms with van der Waals surface area (Å²) in [5.41, 5.74) is 1.54. The van der Waals surface area contributed by atoms with Crippen molar-refractivity contribution in [2.45, 2.75) is 0 Å². The van der Waals surface area contributed by atoms with Gasteiger partial charge in [0.15, 0.2) is 0 Å². The Bertz CT molecular complexity index is 514. The summed E-state index contributed by atoms with van der Waals surface area (Å²) in [7, 11) is 3.81. The van der Waals surface area contributed by atoms with Crippen LogP contribution in [0.5, 0.6) is 0 Å². The van der Waals surface area contributed by atoms with Gasteiger partial charge in [0.2, 0.25) is 5.76 Å². The van der Waals surface area contributed by atoms with E-state index in [-0.39, 0.29) is 5.76 Å². The van der Waals surface area contributed by atoms with Crippen LogP contribution in [0, 0.1) is 0 Å². The van der Waals surface area contributed by atoms with Crippen molar-refractivity contribution in [3.8, 4) is 0 Å². The molecule has 0 fully saturated rings. The zero-order valence-corrected chi connectivity index (χ0v) is 8.52. The molecule has 0 aliphatic rings. The Kier molecular flexibility index (Phi) is 2.11. The SMILES string of the molecule is CN(C)c1cccc2oc(C(=O)O)cc12. The van der Waals surface area contributed by atoms with Crippen molar-refractivity contribution < 1.29 is 14.3 Å². The number of nitrogens with zero attached hydrogens (tertiary/aromatic N) is 1. The number of carboxylic acid groups (broad SMARTS) is 1. The Morgan fingerprint density at radius 1 is 1.40 bits per heavy atom. The molecule has 2 rings (SSSR count). The van der Waals surface area contributed by atoms with E-state index in [2.05, 4.69) is 0 Å². The van der Waals surface area contributed by atoms with E-state index in [1.165, 1.54) is 0 Å². The number of carboxylic acids is 1. The molecule has 1 aromatic carbocycles. The minimum absolute atomic E-state index is 0.0284. The monoisotopic (exact) mass is 205 g/mol. The number of aromatic carboxylic acids is 1. The lowest BCUT2D eigenvalue weighted by Gasteiger charge is -2.12. The van der Waals surface area contributed by atoms with Crippen LogP contribution in [0.15, 0.2) is 28.7 Å². The number of carbonyl (C=O) groups is 1. The number of benzene rings is 1. The Morgan fingerprint density at radius 2 is 2.13 bits per heavy atom. The van der Waals surface area contributed by atoms with Crippen LogP contribution in [-0.2, 0) is 0 Å². The summed E-state index contributed by atoms with van der Waals surface area (Å²) in [6.45, 7) is 0. The van der Waals surface area contributed by atoms with E-state index >= 15 is 0 Å². The fourth-order valence-corrected chi connectivity index (χ4v) is 1.54. The van der Waals surface area contributed by atoms with Crippen LogP contribution in [0.2, 0.25) is 0 Å². The molecule has 4 heteroatoms. The lowest BCUT2D eigenvalue weighted by atomic mass is 10.2. The summed E-state index contributed by atoms with van der Waals surface area (Å²) in [5, 5.41) is 9.63. The maximum atomic E-state index is 10.7. The van der Waals surface area contributed by atoms with Crippen LogP contribution in [-0.4, -0.2) is 25.2 Å². The molecule has 0 aliphatic heterocycles. The quantitative estimate of drug-likeness (QED) is 0.816. The maximum Gasteiger partial charge on any atom is 0.371 e. The van der Waals surface area contributed by atoms with Gasteiger partial charge in [-0.15, -0.1) is 0 Å². The summed E-state index contributed by atoms with van der Waals surface area (Å²) in [6, 6.07) is 7.07. The molecule has 78 valence electrons. The first kappa shape index (κ1) is 9.58. The van der Waals surface area contributed by atoms with Crippen molar-refractivity contribution >= 4 is 22.6 Å². The van der Waals surface area contributed by atoms with Gasteiger partial charge in [-0.1, -0.05) is 6.07 Å². The number of rotatable bonds is 2. The predicted molar refractivity (Wildman–Crippen MR) is 57.5 cm³/mol. The second-order valence-corrected chi connectivity index (χ2v) is 3.50. The standard InChI is InChI=1S/C11H11NO3/c1-12(2)8-4-3-5-9-7(8)6-10(15-9)11(13)14/h3-6H,1-2H3,(H,13,14). The lowest BCUT2D eigenvalue weighted by molar-refractivity contribution is 0.0665. The molecule has 1 N–H and O–H groups in total. The summed E-state index contributed by atoms with van der Waals surface area (Å²) in [6.07, 6.45) is 0. The Hall–Kier alpha value is -1.97. The first-order chi connectivity index (χ1) is 7.09. The van der Waals surface area contributed by atoms with Gasteiger partial charge in [0.1, 0.15) is 5.58 Å². The topological polar surface area (TPSA) is 53.7 Å². The van der Waals surface area contributed by atoms with Gasteiger partial charge in [0.05, 0.1) is 0 Å². The first-order valence-electron chi connectivity index (χ1n) is 4.53. The molecule has 1 heterocycles. The number of anilines is 1. The van der Waals surface area contributed by atoms with Crippen LogP contribution in [0.3, 0.4) is 0 Å². The minimum atomic E-state index is -1.05. The van der Waals surface area contributed by atoms with Crippen LogP contribution in [0.25, 0.3) is 11.0 Å². The second kappa shape index (κ2) is 3.31. The molecule has 0 saturated heterocycles. The molecule has 0 saturated carbocycles. The number of hydrogen-bond donors (Lipinski definition) is 1. The lowest BCUT2D eigenvalue weighted by Crippen LogP contribution is -2.08. The van der Waals surface area contributed by atoms with Gasteiger partial charge in [0.25, 0.3) is 0 Å². The van der Waals surface area contributed by atoms with Crippen LogP contribution < -0.4 is 4.90 Å². The van der Waals surface area contributed by atoms with Crippen molar-refractivity contribution in [2.75, 3.05) is 19.0 Å². The third-order valence-electron chi connectivity index (χ3n) is 2.23. The average Bonchev–Trinajstić information content (AvgIpc) is 2.60. The molecule has 0 spiro atoms. The van der Waals surface area contributed by atoms with Gasteiger partial charge in [-0.2, -0.15) is 0 Å². The molecule has 0 unspecified atom stereocenters. The van der Waals surface area contributed by atoms with Gasteiger partial charge < -0.3 is 14.4 Å². The molecule has 0 atom stereocenters. The highest BCUT2D eigenvalue weighted by Gasteiger charge is 2.13. The highest BCUT2D eigenvalue weighted by molar-refractivity contribution is 5.97. The molecule has 4 nitrogen and oxygen atoms in total. The second-order valence-electron chi connectivity index (χ2n) is 3.50. The van der Waals surface area contributed by atoms with Gasteiger partial charge in [-0.3, -0.25) is 0 Å². The molecule has 0 aliphatic carbocycles. The fourth-order valence-electron chi connectivity index (χ4n) is 1.54. The fraction of sp³-hybridized carbons (Fsp3) is 0.182. The third kappa shape index (κ3) is 1.54. The summed E-state index contributed by atoms with van der Waals surface area (Å²) >= 11 is 0. The van der Waals surface area contributed by atoms with Crippen molar-refractivity contribution in [2.24, 2.45) is 0 Å². The van der Waals surface area contributed by atoms with Crippen molar-refractivity contribution in [3.63, 3.8) is 0 Å². The van der Waals surface area contributed by atoms with Crippen molar-refractivity contribution in [1.29, 1.82) is 0 Å². The highest BCUT2D eigenvalue weighted by atomic mass is 16.4. The van der Waals surface area contributed by atoms with Crippen molar-refractivity contribution in [1.82, 2.24) is 0 Å². The summed E-state index contributed by atoms with van der Waals surface area (Å²) in [4.78, 5) is 12.7. The summed E-state index contributed by atoms with van der Waals surface area (Å²) in [5.74, 6) is -1.07. The van der Waals surface area contributed by atoms with E-state index in [0.717, 1.165) is 11.1 Å². The average molecular weight is 205 g/mol. The van der Waals surface area contributed by atoms with Gasteiger partial charge in [-0.05, 0) is 12.1 Å². The maximum absolute atomic E-state index is 10.7.